The van der Waals surface area contributed by atoms with Crippen LogP contribution in [0.4, 0.5) is 17.1 Å². The van der Waals surface area contributed by atoms with Crippen LogP contribution in [0, 0.1) is 0 Å². The number of hydrogen-bond acceptors (Lipinski definition) is 4. The zero-order valence-electron chi connectivity index (χ0n) is 10.6. The SMILES string of the molecule is COC(=O)c1cccc(N)c1Nc1ccc(Br)cc1Br. The molecule has 0 fully saturated rings. The molecule has 0 radical (unpaired) electrons. The Morgan fingerprint density at radius 2 is 2.00 bits per heavy atom. The van der Waals surface area contributed by atoms with Crippen LogP contribution in [-0.2, 0) is 4.74 Å². The number of carbonyl (C=O) groups excluding carboxylic acids is 1. The van der Waals surface area contributed by atoms with Crippen molar-refractivity contribution in [2.75, 3.05) is 18.2 Å². The molecule has 0 saturated carbocycles. The lowest BCUT2D eigenvalue weighted by Crippen LogP contribution is -2.08. The standard InChI is InChI=1S/C14H12Br2N2O2/c1-20-14(19)9-3-2-4-11(17)13(9)18-12-6-5-8(15)7-10(12)16/h2-7,18H,17H2,1H3. The smallest absolute Gasteiger partial charge is 0.340 e. The molecule has 0 saturated heterocycles. The zero-order chi connectivity index (χ0) is 14.7. The fraction of sp³-hybridized carbons (Fsp3) is 0.0714. The van der Waals surface area contributed by atoms with Gasteiger partial charge in [-0.3, -0.25) is 0 Å². The highest BCUT2D eigenvalue weighted by atomic mass is 79.9. The third-order valence-electron chi connectivity index (χ3n) is 2.69. The minimum absolute atomic E-state index is 0.391. The van der Waals surface area contributed by atoms with Crippen LogP contribution in [0.2, 0.25) is 0 Å². The van der Waals surface area contributed by atoms with Crippen LogP contribution in [0.5, 0.6) is 0 Å². The molecule has 2 aromatic carbocycles. The Morgan fingerprint density at radius 1 is 1.25 bits per heavy atom. The minimum Gasteiger partial charge on any atom is -0.465 e. The molecule has 0 atom stereocenters. The lowest BCUT2D eigenvalue weighted by molar-refractivity contribution is 0.0602. The zero-order valence-corrected chi connectivity index (χ0v) is 13.8. The highest BCUT2D eigenvalue weighted by molar-refractivity contribution is 9.11. The number of nitrogens with two attached hydrogens (primary N) is 1. The van der Waals surface area contributed by atoms with Crippen molar-refractivity contribution in [3.8, 4) is 0 Å². The van der Waals surface area contributed by atoms with Crippen molar-refractivity contribution in [1.29, 1.82) is 0 Å². The molecule has 0 amide bonds. The molecule has 0 bridgehead atoms. The second-order valence-corrected chi connectivity index (χ2v) is 5.78. The highest BCUT2D eigenvalue weighted by Crippen LogP contribution is 2.33. The van der Waals surface area contributed by atoms with Gasteiger partial charge in [-0.25, -0.2) is 4.79 Å². The molecule has 0 aliphatic heterocycles. The van der Waals surface area contributed by atoms with Crippen LogP contribution in [0.15, 0.2) is 45.3 Å². The van der Waals surface area contributed by atoms with Crippen LogP contribution < -0.4 is 11.1 Å². The van der Waals surface area contributed by atoms with Crippen LogP contribution in [0.25, 0.3) is 0 Å². The summed E-state index contributed by atoms with van der Waals surface area (Å²) in [5, 5.41) is 3.16. The first kappa shape index (κ1) is 14.9. The van der Waals surface area contributed by atoms with Gasteiger partial charge in [-0.15, -0.1) is 0 Å². The number of nitrogens with one attached hydrogen (secondary N) is 1. The molecule has 104 valence electrons. The Morgan fingerprint density at radius 3 is 2.65 bits per heavy atom. The molecule has 0 aliphatic carbocycles. The number of carbonyl (C=O) groups is 1. The van der Waals surface area contributed by atoms with Gasteiger partial charge in [0.15, 0.2) is 0 Å². The number of nitrogen functional groups attached to an aromatic ring is 1. The molecule has 6 heteroatoms. The van der Waals surface area contributed by atoms with Crippen LogP contribution in [0.1, 0.15) is 10.4 Å². The van der Waals surface area contributed by atoms with E-state index in [0.717, 1.165) is 14.6 Å². The quantitative estimate of drug-likeness (QED) is 0.595. The maximum Gasteiger partial charge on any atom is 0.340 e. The first-order valence-electron chi connectivity index (χ1n) is 5.72. The molecule has 0 unspecified atom stereocenters. The van der Waals surface area contributed by atoms with Crippen molar-refractivity contribution < 1.29 is 9.53 Å². The van der Waals surface area contributed by atoms with E-state index in [-0.39, 0.29) is 0 Å². The third-order valence-corrected chi connectivity index (χ3v) is 3.84. The van der Waals surface area contributed by atoms with Crippen molar-refractivity contribution in [2.24, 2.45) is 0 Å². The predicted octanol–water partition coefficient (Wildman–Crippen LogP) is 4.32. The number of esters is 1. The average molecular weight is 400 g/mol. The maximum atomic E-state index is 11.8. The maximum absolute atomic E-state index is 11.8. The van der Waals surface area contributed by atoms with Crippen molar-refractivity contribution in [2.45, 2.75) is 0 Å². The molecule has 2 aromatic rings. The summed E-state index contributed by atoms with van der Waals surface area (Å²) in [7, 11) is 1.34. The van der Waals surface area contributed by atoms with Gasteiger partial charge in [0, 0.05) is 8.95 Å². The van der Waals surface area contributed by atoms with Gasteiger partial charge in [-0.2, -0.15) is 0 Å². The molecular weight excluding hydrogens is 388 g/mol. The summed E-state index contributed by atoms with van der Waals surface area (Å²) in [6.45, 7) is 0. The summed E-state index contributed by atoms with van der Waals surface area (Å²) in [6, 6.07) is 10.8. The van der Waals surface area contributed by atoms with Gasteiger partial charge >= 0.3 is 5.97 Å². The Bertz CT molecular complexity index is 660. The van der Waals surface area contributed by atoms with Crippen molar-refractivity contribution in [3.63, 3.8) is 0 Å². The van der Waals surface area contributed by atoms with Gasteiger partial charge < -0.3 is 15.8 Å². The number of para-hydroxylation sites is 1. The topological polar surface area (TPSA) is 64.3 Å². The minimum atomic E-state index is -0.437. The fourth-order valence-electron chi connectivity index (χ4n) is 1.72. The van der Waals surface area contributed by atoms with Gasteiger partial charge in [0.05, 0.1) is 29.7 Å². The highest BCUT2D eigenvalue weighted by Gasteiger charge is 2.15. The number of methoxy groups -OCH3 is 1. The Labute approximate surface area is 133 Å². The van der Waals surface area contributed by atoms with Gasteiger partial charge in [0.25, 0.3) is 0 Å². The van der Waals surface area contributed by atoms with Gasteiger partial charge in [-0.05, 0) is 46.3 Å². The fourth-order valence-corrected chi connectivity index (χ4v) is 2.86. The summed E-state index contributed by atoms with van der Waals surface area (Å²) < 4.78 is 6.57. The number of hydrogen-bond donors (Lipinski definition) is 2. The Balaban J connectivity index is 2.45. The average Bonchev–Trinajstić information content (AvgIpc) is 2.42. The van der Waals surface area contributed by atoms with E-state index >= 15 is 0 Å². The largest absolute Gasteiger partial charge is 0.465 e. The number of halogens is 2. The Kier molecular flexibility index (Phi) is 4.67. The van der Waals surface area contributed by atoms with E-state index in [9.17, 15) is 4.79 Å². The van der Waals surface area contributed by atoms with Crippen LogP contribution in [0.3, 0.4) is 0 Å². The molecule has 0 heterocycles. The van der Waals surface area contributed by atoms with Crippen LogP contribution >= 0.6 is 31.9 Å². The third kappa shape index (κ3) is 3.13. The molecule has 0 aromatic heterocycles. The number of anilines is 3. The van der Waals surface area contributed by atoms with E-state index in [1.165, 1.54) is 7.11 Å². The summed E-state index contributed by atoms with van der Waals surface area (Å²) >= 11 is 6.85. The summed E-state index contributed by atoms with van der Waals surface area (Å²) in [6.07, 6.45) is 0. The lowest BCUT2D eigenvalue weighted by Gasteiger charge is -2.14. The molecule has 2 rings (SSSR count). The first-order chi connectivity index (χ1) is 9.52. The van der Waals surface area contributed by atoms with Crippen molar-refractivity contribution in [1.82, 2.24) is 0 Å². The van der Waals surface area contributed by atoms with E-state index in [4.69, 9.17) is 10.5 Å². The van der Waals surface area contributed by atoms with Gasteiger partial charge in [0.2, 0.25) is 0 Å². The molecule has 3 N–H and O–H groups in total. The van der Waals surface area contributed by atoms with Crippen molar-refractivity contribution >= 4 is 54.9 Å². The monoisotopic (exact) mass is 398 g/mol. The summed E-state index contributed by atoms with van der Waals surface area (Å²) in [5.41, 5.74) is 8.14. The molecule has 4 nitrogen and oxygen atoms in total. The second-order valence-electron chi connectivity index (χ2n) is 4.01. The van der Waals surface area contributed by atoms with Gasteiger partial charge in [-0.1, -0.05) is 22.0 Å². The van der Waals surface area contributed by atoms with E-state index in [0.29, 0.717) is 16.9 Å². The Hall–Kier alpha value is -1.53. The molecular formula is C14H12Br2N2O2. The lowest BCUT2D eigenvalue weighted by atomic mass is 10.1. The summed E-state index contributed by atoms with van der Waals surface area (Å²) in [4.78, 5) is 11.8. The second kappa shape index (κ2) is 6.28. The van der Waals surface area contributed by atoms with E-state index in [1.54, 1.807) is 18.2 Å². The van der Waals surface area contributed by atoms with E-state index in [1.807, 2.05) is 18.2 Å². The molecule has 0 aliphatic rings. The first-order valence-corrected chi connectivity index (χ1v) is 7.30. The number of benzene rings is 2. The summed E-state index contributed by atoms with van der Waals surface area (Å²) in [5.74, 6) is -0.437. The normalized spacial score (nSPS) is 10.2. The van der Waals surface area contributed by atoms with Crippen molar-refractivity contribution in [3.05, 3.63) is 50.9 Å². The predicted molar refractivity (Wildman–Crippen MR) is 87.3 cm³/mol. The van der Waals surface area contributed by atoms with E-state index in [2.05, 4.69) is 37.2 Å². The molecule has 0 spiro atoms. The number of ether oxygens (including phenoxy) is 1. The number of rotatable bonds is 3. The molecule has 20 heavy (non-hydrogen) atoms. The van der Waals surface area contributed by atoms with E-state index < -0.39 is 5.97 Å². The van der Waals surface area contributed by atoms with Crippen LogP contribution in [-0.4, -0.2) is 13.1 Å². The van der Waals surface area contributed by atoms with Gasteiger partial charge in [0.1, 0.15) is 0 Å².